The summed E-state index contributed by atoms with van der Waals surface area (Å²) < 4.78 is 2.48. The average molecular weight is 1100 g/mol. The largest absolute Gasteiger partial charge is 0.313 e. The Hall–Kier alpha value is -10.0. The van der Waals surface area contributed by atoms with Crippen LogP contribution >= 0.6 is 0 Å². The minimum absolute atomic E-state index is 0.00161. The monoisotopic (exact) mass is 1100 g/mol. The molecule has 14 rings (SSSR count). The van der Waals surface area contributed by atoms with Crippen molar-refractivity contribution in [1.29, 1.82) is 0 Å². The molecule has 2 aromatic heterocycles. The van der Waals surface area contributed by atoms with E-state index in [9.17, 15) is 0 Å². The van der Waals surface area contributed by atoms with E-state index in [2.05, 4.69) is 312 Å². The third kappa shape index (κ3) is 9.30. The number of anilines is 6. The highest BCUT2D eigenvalue weighted by molar-refractivity contribution is 7.00. The third-order valence-corrected chi connectivity index (χ3v) is 17.3. The van der Waals surface area contributed by atoms with Crippen LogP contribution in [0, 0.1) is 12.3 Å². The van der Waals surface area contributed by atoms with Gasteiger partial charge >= 0.3 is 0 Å². The van der Waals surface area contributed by atoms with E-state index in [1.807, 2.05) is 18.2 Å². The van der Waals surface area contributed by atoms with Crippen molar-refractivity contribution in [1.82, 2.24) is 14.5 Å². The molecular weight excluding hydrogens is 1030 g/mol. The molecule has 0 fully saturated rings. The van der Waals surface area contributed by atoms with Gasteiger partial charge in [0, 0.05) is 72.9 Å². The van der Waals surface area contributed by atoms with Crippen molar-refractivity contribution >= 4 is 74.2 Å². The summed E-state index contributed by atoms with van der Waals surface area (Å²) in [4.78, 5) is 15.5. The Bertz CT molecular complexity index is 4500. The zero-order valence-electron chi connectivity index (χ0n) is 49.3. The standard InChI is InChI=1S/C79H66BN5/c1-9-58(78(3,4)5)49-63-52(2)83(71-46-43-59(50-65(63)71)79(6,7)8)70-45-42-57(69-51-68(55-26-14-10-15-27-55)81-77(82-69)56-28-16-11-17-29-56)48-64(70)54-40-38-53(39-41-54)62-44-47-74-75-76(62)85(61-32-20-13-21-33-61)73-37-25-23-35-67(73)80(75)66-34-22-24-36-72(66)84(74)60-30-18-12-19-31-60/h9-51H,1H2,2-8H3/b58-49+. The van der Waals surface area contributed by atoms with E-state index in [4.69, 9.17) is 9.97 Å². The van der Waals surface area contributed by atoms with Gasteiger partial charge in [-0.3, -0.25) is 0 Å². The normalized spacial score (nSPS) is 12.9. The quantitative estimate of drug-likeness (QED) is 0.101. The molecule has 410 valence electrons. The highest BCUT2D eigenvalue weighted by Crippen LogP contribution is 2.49. The maximum absolute atomic E-state index is 5.37. The molecule has 85 heavy (non-hydrogen) atoms. The summed E-state index contributed by atoms with van der Waals surface area (Å²) in [6, 6.07) is 90.6. The van der Waals surface area contributed by atoms with Gasteiger partial charge in [-0.15, -0.1) is 0 Å². The average Bonchev–Trinajstić information content (AvgIpc) is 1.32. The first-order chi connectivity index (χ1) is 41.3. The minimum atomic E-state index is -0.113. The number of rotatable bonds is 10. The maximum atomic E-state index is 5.37. The molecule has 4 heterocycles. The third-order valence-electron chi connectivity index (χ3n) is 17.3. The van der Waals surface area contributed by atoms with Crippen LogP contribution in [0.5, 0.6) is 0 Å². The molecule has 0 saturated carbocycles. The molecule has 0 aliphatic carbocycles. The lowest BCUT2D eigenvalue weighted by Gasteiger charge is -2.45. The molecule has 0 spiro atoms. The number of nitrogens with zero attached hydrogens (tertiary/aromatic N) is 5. The number of para-hydroxylation sites is 4. The summed E-state index contributed by atoms with van der Waals surface area (Å²) in [6.07, 6.45) is 4.40. The van der Waals surface area contributed by atoms with Gasteiger partial charge in [-0.2, -0.15) is 0 Å². The summed E-state index contributed by atoms with van der Waals surface area (Å²) in [5, 5.41) is 1.22. The molecule has 0 atom stereocenters. The van der Waals surface area contributed by atoms with E-state index in [0.29, 0.717) is 5.82 Å². The Morgan fingerprint density at radius 1 is 0.459 bits per heavy atom. The second kappa shape index (κ2) is 21.0. The number of hydrogen-bond donors (Lipinski definition) is 0. The number of aromatic nitrogens is 3. The lowest BCUT2D eigenvalue weighted by Crippen LogP contribution is -2.61. The van der Waals surface area contributed by atoms with E-state index in [-0.39, 0.29) is 17.5 Å². The number of hydrogen-bond acceptors (Lipinski definition) is 4. The highest BCUT2D eigenvalue weighted by Gasteiger charge is 2.44. The Labute approximate surface area is 500 Å². The number of benzene rings is 10. The van der Waals surface area contributed by atoms with Gasteiger partial charge in [0.2, 0.25) is 0 Å². The van der Waals surface area contributed by atoms with Crippen LogP contribution in [0.2, 0.25) is 0 Å². The highest BCUT2D eigenvalue weighted by atomic mass is 15.2. The van der Waals surface area contributed by atoms with E-state index in [0.717, 1.165) is 78.6 Å². The van der Waals surface area contributed by atoms with E-state index in [1.165, 1.54) is 61.2 Å². The predicted molar refractivity (Wildman–Crippen MR) is 361 cm³/mol. The SMILES string of the molecule is C=C/C(=C\c1c(C)n(-c2ccc(-c3cc(-c4ccccc4)nc(-c4ccccc4)n3)cc2-c2ccc(-c3ccc4c5c3N(c3ccccc3)c3ccccc3B5c3ccccc3N4c3ccccc3)cc2)c2ccc(C(C)(C)C)cc12)C(C)(C)C. The topological polar surface area (TPSA) is 37.2 Å². The first-order valence-corrected chi connectivity index (χ1v) is 29.6. The van der Waals surface area contributed by atoms with Crippen molar-refractivity contribution in [3.8, 4) is 61.8 Å². The van der Waals surface area contributed by atoms with Crippen molar-refractivity contribution in [2.24, 2.45) is 5.41 Å². The summed E-state index contributed by atoms with van der Waals surface area (Å²) >= 11 is 0. The van der Waals surface area contributed by atoms with Crippen LogP contribution in [-0.2, 0) is 5.41 Å². The first-order valence-electron chi connectivity index (χ1n) is 29.6. The van der Waals surface area contributed by atoms with Crippen molar-refractivity contribution in [3.05, 3.63) is 284 Å². The number of allylic oxidation sites excluding steroid dienone is 2. The Morgan fingerprint density at radius 2 is 0.976 bits per heavy atom. The summed E-state index contributed by atoms with van der Waals surface area (Å²) in [5.74, 6) is 0.681. The minimum Gasteiger partial charge on any atom is -0.313 e. The van der Waals surface area contributed by atoms with Gasteiger partial charge in [-0.05, 0) is 135 Å². The summed E-state index contributed by atoms with van der Waals surface area (Å²) in [6.45, 7) is 20.3. The van der Waals surface area contributed by atoms with Gasteiger partial charge < -0.3 is 14.4 Å². The molecule has 12 aromatic rings. The van der Waals surface area contributed by atoms with Crippen molar-refractivity contribution in [3.63, 3.8) is 0 Å². The van der Waals surface area contributed by atoms with Crippen LogP contribution in [0.1, 0.15) is 58.4 Å². The van der Waals surface area contributed by atoms with Crippen LogP contribution in [0.3, 0.4) is 0 Å². The molecule has 10 aromatic carbocycles. The Kier molecular flexibility index (Phi) is 13.1. The van der Waals surface area contributed by atoms with Gasteiger partial charge in [0.1, 0.15) is 0 Å². The van der Waals surface area contributed by atoms with Gasteiger partial charge in [0.05, 0.1) is 28.3 Å². The zero-order chi connectivity index (χ0) is 58.1. The maximum Gasteiger partial charge on any atom is 0.252 e. The van der Waals surface area contributed by atoms with E-state index >= 15 is 0 Å². The Morgan fingerprint density at radius 3 is 1.58 bits per heavy atom. The number of fused-ring (bicyclic) bond motifs is 5. The smallest absolute Gasteiger partial charge is 0.252 e. The van der Waals surface area contributed by atoms with Crippen molar-refractivity contribution < 1.29 is 0 Å². The Balaban J connectivity index is 1.00. The van der Waals surface area contributed by atoms with Gasteiger partial charge in [0.25, 0.3) is 6.71 Å². The fourth-order valence-electron chi connectivity index (χ4n) is 13.0. The van der Waals surface area contributed by atoms with Gasteiger partial charge in [-0.25, -0.2) is 9.97 Å². The fraction of sp³-hybridized carbons (Fsp3) is 0.114. The molecule has 0 N–H and O–H groups in total. The molecule has 6 heteroatoms. The molecule has 5 nitrogen and oxygen atoms in total. The fourth-order valence-corrected chi connectivity index (χ4v) is 13.0. The molecule has 0 amide bonds. The molecular formula is C79H66BN5. The van der Waals surface area contributed by atoms with Crippen molar-refractivity contribution in [2.75, 3.05) is 9.80 Å². The predicted octanol–water partition coefficient (Wildman–Crippen LogP) is 19.1. The van der Waals surface area contributed by atoms with Crippen LogP contribution in [-0.4, -0.2) is 21.2 Å². The summed E-state index contributed by atoms with van der Waals surface area (Å²) in [7, 11) is 0. The zero-order valence-corrected chi connectivity index (χ0v) is 49.3. The van der Waals surface area contributed by atoms with E-state index in [1.54, 1.807) is 0 Å². The van der Waals surface area contributed by atoms with E-state index < -0.39 is 0 Å². The van der Waals surface area contributed by atoms with Gasteiger partial charge in [0.15, 0.2) is 5.82 Å². The molecule has 0 radical (unpaired) electrons. The first kappa shape index (κ1) is 53.0. The van der Waals surface area contributed by atoms with Crippen LogP contribution in [0.15, 0.2) is 267 Å². The molecule has 2 aliphatic rings. The molecule has 0 unspecified atom stereocenters. The van der Waals surface area contributed by atoms with Crippen LogP contribution in [0.4, 0.5) is 34.1 Å². The van der Waals surface area contributed by atoms with Crippen LogP contribution < -0.4 is 26.2 Å². The van der Waals surface area contributed by atoms with Gasteiger partial charge in [-0.1, -0.05) is 230 Å². The lowest BCUT2D eigenvalue weighted by molar-refractivity contribution is 0.521. The molecule has 0 saturated heterocycles. The van der Waals surface area contributed by atoms with Crippen molar-refractivity contribution in [2.45, 2.75) is 53.9 Å². The second-order valence-corrected chi connectivity index (χ2v) is 24.7. The molecule has 2 aliphatic heterocycles. The summed E-state index contributed by atoms with van der Waals surface area (Å²) in [5.41, 5.74) is 26.9. The lowest BCUT2D eigenvalue weighted by atomic mass is 9.33. The second-order valence-electron chi connectivity index (χ2n) is 24.7. The molecule has 0 bridgehead atoms. The van der Waals surface area contributed by atoms with Crippen LogP contribution in [0.25, 0.3) is 78.8 Å².